The normalized spacial score (nSPS) is 10.2. The molecule has 0 aromatic heterocycles. The molecule has 0 spiro atoms. The number of benzene rings is 3. The number of hydrogen-bond acceptors (Lipinski definition) is 3. The highest BCUT2D eigenvalue weighted by atomic mass is 19.1. The Balaban J connectivity index is 1.52. The fourth-order valence-corrected chi connectivity index (χ4v) is 2.34. The van der Waals surface area contributed by atoms with Crippen molar-refractivity contribution in [2.75, 3.05) is 17.2 Å². The van der Waals surface area contributed by atoms with Crippen molar-refractivity contribution < 1.29 is 13.9 Å². The number of ether oxygens (including phenoxy) is 1. The number of carbonyl (C=O) groups excluding carboxylic acids is 1. The maximum Gasteiger partial charge on any atom is 0.262 e. The molecule has 0 aliphatic heterocycles. The van der Waals surface area contributed by atoms with Gasteiger partial charge in [-0.05, 0) is 55.5 Å². The summed E-state index contributed by atoms with van der Waals surface area (Å²) >= 11 is 0. The highest BCUT2D eigenvalue weighted by molar-refractivity contribution is 5.92. The van der Waals surface area contributed by atoms with Crippen molar-refractivity contribution in [2.45, 2.75) is 6.92 Å². The Labute approximate surface area is 151 Å². The van der Waals surface area contributed by atoms with Gasteiger partial charge in [-0.3, -0.25) is 4.79 Å². The molecular weight excluding hydrogens is 331 g/mol. The first-order valence-corrected chi connectivity index (χ1v) is 8.21. The van der Waals surface area contributed by atoms with Crippen LogP contribution in [0.3, 0.4) is 0 Å². The lowest BCUT2D eigenvalue weighted by Gasteiger charge is -2.10. The third-order valence-electron chi connectivity index (χ3n) is 3.71. The molecule has 0 saturated carbocycles. The molecule has 2 N–H and O–H groups in total. The first-order valence-electron chi connectivity index (χ1n) is 8.21. The SMILES string of the molecule is Cc1ccc(OCC(=O)Nc2ccc(Nc3ccccc3F)cc2)cc1. The summed E-state index contributed by atoms with van der Waals surface area (Å²) in [6, 6.07) is 21.0. The number of para-hydroxylation sites is 1. The van der Waals surface area contributed by atoms with Gasteiger partial charge in [0.1, 0.15) is 11.6 Å². The molecule has 0 heterocycles. The molecule has 132 valence electrons. The predicted molar refractivity (Wildman–Crippen MR) is 101 cm³/mol. The maximum atomic E-state index is 13.6. The Hall–Kier alpha value is -3.34. The fraction of sp³-hybridized carbons (Fsp3) is 0.0952. The zero-order chi connectivity index (χ0) is 18.4. The molecule has 3 rings (SSSR count). The molecule has 1 amide bonds. The second-order valence-electron chi connectivity index (χ2n) is 5.83. The summed E-state index contributed by atoms with van der Waals surface area (Å²) in [6.45, 7) is 1.92. The van der Waals surface area contributed by atoms with E-state index in [2.05, 4.69) is 10.6 Å². The van der Waals surface area contributed by atoms with E-state index < -0.39 is 0 Å². The zero-order valence-electron chi connectivity index (χ0n) is 14.3. The molecule has 26 heavy (non-hydrogen) atoms. The number of halogens is 1. The number of hydrogen-bond donors (Lipinski definition) is 2. The van der Waals surface area contributed by atoms with Crippen LogP contribution in [0.5, 0.6) is 5.75 Å². The van der Waals surface area contributed by atoms with Gasteiger partial charge in [0, 0.05) is 11.4 Å². The van der Waals surface area contributed by atoms with Gasteiger partial charge in [0.15, 0.2) is 6.61 Å². The zero-order valence-corrected chi connectivity index (χ0v) is 14.3. The van der Waals surface area contributed by atoms with E-state index in [1.807, 2.05) is 31.2 Å². The summed E-state index contributed by atoms with van der Waals surface area (Å²) in [6.07, 6.45) is 0. The number of nitrogens with one attached hydrogen (secondary N) is 2. The van der Waals surface area contributed by atoms with Gasteiger partial charge in [-0.15, -0.1) is 0 Å². The van der Waals surface area contributed by atoms with Crippen molar-refractivity contribution >= 4 is 23.0 Å². The second-order valence-corrected chi connectivity index (χ2v) is 5.83. The van der Waals surface area contributed by atoms with E-state index >= 15 is 0 Å². The second kappa shape index (κ2) is 8.16. The summed E-state index contributed by atoms with van der Waals surface area (Å²) < 4.78 is 19.1. The Morgan fingerprint density at radius 1 is 0.923 bits per heavy atom. The van der Waals surface area contributed by atoms with Crippen LogP contribution in [0.2, 0.25) is 0 Å². The number of amides is 1. The quantitative estimate of drug-likeness (QED) is 0.665. The van der Waals surface area contributed by atoms with Crippen molar-refractivity contribution in [3.63, 3.8) is 0 Å². The molecule has 0 aliphatic rings. The van der Waals surface area contributed by atoms with Crippen LogP contribution in [0.15, 0.2) is 72.8 Å². The Morgan fingerprint density at radius 3 is 2.27 bits per heavy atom. The molecule has 0 bridgehead atoms. The largest absolute Gasteiger partial charge is 0.484 e. The Bertz CT molecular complexity index is 877. The first-order chi connectivity index (χ1) is 12.6. The summed E-state index contributed by atoms with van der Waals surface area (Å²) in [5, 5.41) is 5.75. The molecule has 0 fully saturated rings. The lowest BCUT2D eigenvalue weighted by Crippen LogP contribution is -2.20. The third-order valence-corrected chi connectivity index (χ3v) is 3.71. The standard InChI is InChI=1S/C21H19FN2O2/c1-15-6-12-18(13-7-15)26-14-21(25)24-17-10-8-16(9-11-17)23-20-5-3-2-4-19(20)22/h2-13,23H,14H2,1H3,(H,24,25). The minimum absolute atomic E-state index is 0.0711. The van der Waals surface area contributed by atoms with E-state index in [0.717, 1.165) is 11.3 Å². The average Bonchev–Trinajstić information content (AvgIpc) is 2.65. The minimum Gasteiger partial charge on any atom is -0.484 e. The lowest BCUT2D eigenvalue weighted by molar-refractivity contribution is -0.118. The molecule has 0 unspecified atom stereocenters. The maximum absolute atomic E-state index is 13.6. The van der Waals surface area contributed by atoms with Crippen LogP contribution in [0.4, 0.5) is 21.5 Å². The average molecular weight is 350 g/mol. The first kappa shape index (κ1) is 17.5. The van der Waals surface area contributed by atoms with Crippen molar-refractivity contribution in [3.8, 4) is 5.75 Å². The molecule has 0 atom stereocenters. The Kier molecular flexibility index (Phi) is 5.49. The van der Waals surface area contributed by atoms with Gasteiger partial charge < -0.3 is 15.4 Å². The monoisotopic (exact) mass is 350 g/mol. The molecular formula is C21H19FN2O2. The van der Waals surface area contributed by atoms with Crippen molar-refractivity contribution in [2.24, 2.45) is 0 Å². The van der Waals surface area contributed by atoms with Gasteiger partial charge in [-0.1, -0.05) is 29.8 Å². The predicted octanol–water partition coefficient (Wildman–Crippen LogP) is 4.90. The van der Waals surface area contributed by atoms with Crippen molar-refractivity contribution in [1.82, 2.24) is 0 Å². The van der Waals surface area contributed by atoms with Crippen LogP contribution >= 0.6 is 0 Å². The van der Waals surface area contributed by atoms with E-state index in [9.17, 15) is 9.18 Å². The summed E-state index contributed by atoms with van der Waals surface area (Å²) in [5.41, 5.74) is 2.90. The van der Waals surface area contributed by atoms with E-state index in [4.69, 9.17) is 4.74 Å². The Morgan fingerprint density at radius 2 is 1.58 bits per heavy atom. The van der Waals surface area contributed by atoms with Gasteiger partial charge >= 0.3 is 0 Å². The topological polar surface area (TPSA) is 50.4 Å². The van der Waals surface area contributed by atoms with Crippen LogP contribution in [-0.2, 0) is 4.79 Å². The molecule has 5 heteroatoms. The summed E-state index contributed by atoms with van der Waals surface area (Å²) in [5.74, 6) is 0.0775. The van der Waals surface area contributed by atoms with Gasteiger partial charge in [-0.25, -0.2) is 4.39 Å². The smallest absolute Gasteiger partial charge is 0.262 e. The number of carbonyl (C=O) groups is 1. The van der Waals surface area contributed by atoms with Crippen molar-refractivity contribution in [3.05, 3.63) is 84.2 Å². The van der Waals surface area contributed by atoms with E-state index in [1.54, 1.807) is 42.5 Å². The number of aryl methyl sites for hydroxylation is 1. The third kappa shape index (κ3) is 4.83. The van der Waals surface area contributed by atoms with E-state index in [1.165, 1.54) is 6.07 Å². The molecule has 0 saturated heterocycles. The molecule has 4 nitrogen and oxygen atoms in total. The number of rotatable bonds is 6. The summed E-state index contributed by atoms with van der Waals surface area (Å²) in [7, 11) is 0. The highest BCUT2D eigenvalue weighted by Gasteiger charge is 2.05. The molecule has 3 aromatic carbocycles. The lowest BCUT2D eigenvalue weighted by atomic mass is 10.2. The van der Waals surface area contributed by atoms with Gasteiger partial charge in [0.25, 0.3) is 5.91 Å². The fourth-order valence-electron chi connectivity index (χ4n) is 2.34. The van der Waals surface area contributed by atoms with Crippen molar-refractivity contribution in [1.29, 1.82) is 0 Å². The van der Waals surface area contributed by atoms with Crippen LogP contribution in [-0.4, -0.2) is 12.5 Å². The molecule has 0 aliphatic carbocycles. The number of anilines is 3. The van der Waals surface area contributed by atoms with Crippen LogP contribution < -0.4 is 15.4 Å². The van der Waals surface area contributed by atoms with Gasteiger partial charge in [0.2, 0.25) is 0 Å². The van der Waals surface area contributed by atoms with Crippen LogP contribution in [0.25, 0.3) is 0 Å². The van der Waals surface area contributed by atoms with E-state index in [0.29, 0.717) is 17.1 Å². The molecule has 3 aromatic rings. The van der Waals surface area contributed by atoms with Gasteiger partial charge in [0.05, 0.1) is 5.69 Å². The highest BCUT2D eigenvalue weighted by Crippen LogP contribution is 2.21. The van der Waals surface area contributed by atoms with Crippen LogP contribution in [0.1, 0.15) is 5.56 Å². The van der Waals surface area contributed by atoms with E-state index in [-0.39, 0.29) is 18.3 Å². The van der Waals surface area contributed by atoms with Crippen LogP contribution in [0, 0.1) is 12.7 Å². The van der Waals surface area contributed by atoms with Gasteiger partial charge in [-0.2, -0.15) is 0 Å². The minimum atomic E-state index is -0.321. The summed E-state index contributed by atoms with van der Waals surface area (Å²) in [4.78, 5) is 12.0. The molecule has 0 radical (unpaired) electrons.